The van der Waals surface area contributed by atoms with Crippen molar-refractivity contribution < 1.29 is 14.6 Å². The van der Waals surface area contributed by atoms with Gasteiger partial charge in [0, 0.05) is 17.5 Å². The quantitative estimate of drug-likeness (QED) is 0.787. The predicted molar refractivity (Wildman–Crippen MR) is 91.9 cm³/mol. The number of carboxylic acids is 1. The van der Waals surface area contributed by atoms with Gasteiger partial charge in [-0.1, -0.05) is 41.9 Å². The van der Waals surface area contributed by atoms with Crippen molar-refractivity contribution in [3.05, 3.63) is 75.2 Å². The molecule has 0 aliphatic heterocycles. The third kappa shape index (κ3) is 2.86. The number of aromatic nitrogens is 1. The summed E-state index contributed by atoms with van der Waals surface area (Å²) in [6.07, 6.45) is 0. The van der Waals surface area contributed by atoms with Crippen LogP contribution in [0.4, 0.5) is 0 Å². The minimum atomic E-state index is -1.24. The van der Waals surface area contributed by atoms with Crippen molar-refractivity contribution >= 4 is 28.3 Å². The molecule has 1 N–H and O–H groups in total. The van der Waals surface area contributed by atoms with Gasteiger partial charge in [0.2, 0.25) is 0 Å². The maximum absolute atomic E-state index is 12.4. The summed E-state index contributed by atoms with van der Waals surface area (Å²) >= 11 is 6.02. The number of hydrogen-bond donors (Lipinski definition) is 1. The molecule has 1 aromatic heterocycles. The van der Waals surface area contributed by atoms with E-state index in [4.69, 9.17) is 16.3 Å². The summed E-state index contributed by atoms with van der Waals surface area (Å²) in [5.41, 5.74) is 0.273. The van der Waals surface area contributed by atoms with Crippen LogP contribution >= 0.6 is 11.6 Å². The fraction of sp³-hybridized carbons (Fsp3) is 0.111. The van der Waals surface area contributed by atoms with E-state index in [1.807, 2.05) is 30.3 Å². The zero-order chi connectivity index (χ0) is 17.3. The summed E-state index contributed by atoms with van der Waals surface area (Å²) in [5, 5.41) is 10.7. The number of nitrogens with zero attached hydrogens (tertiary/aromatic N) is 1. The van der Waals surface area contributed by atoms with Gasteiger partial charge in [0.15, 0.2) is 11.4 Å². The molecule has 3 aromatic rings. The van der Waals surface area contributed by atoms with Crippen molar-refractivity contribution in [1.29, 1.82) is 0 Å². The van der Waals surface area contributed by atoms with Crippen molar-refractivity contribution in [1.82, 2.24) is 4.57 Å². The topological polar surface area (TPSA) is 68.5 Å². The van der Waals surface area contributed by atoms with E-state index in [9.17, 15) is 14.7 Å². The SMILES string of the molecule is Cn1c(C(=O)O)c(OCc2ccccc2)c2cc(Cl)ccc2c1=O. The summed E-state index contributed by atoms with van der Waals surface area (Å²) in [5.74, 6) is -1.11. The first-order valence-corrected chi connectivity index (χ1v) is 7.59. The van der Waals surface area contributed by atoms with Crippen LogP contribution in [0.25, 0.3) is 10.8 Å². The Bertz CT molecular complexity index is 980. The molecule has 5 nitrogen and oxygen atoms in total. The number of rotatable bonds is 4. The second kappa shape index (κ2) is 6.37. The first-order chi connectivity index (χ1) is 11.5. The van der Waals surface area contributed by atoms with Crippen LogP contribution in [0.2, 0.25) is 5.02 Å². The Kier molecular flexibility index (Phi) is 4.27. The first kappa shape index (κ1) is 16.1. The van der Waals surface area contributed by atoms with E-state index in [0.717, 1.165) is 10.1 Å². The molecular formula is C18H14ClNO4. The van der Waals surface area contributed by atoms with E-state index in [2.05, 4.69) is 0 Å². The highest BCUT2D eigenvalue weighted by Crippen LogP contribution is 2.30. The Balaban J connectivity index is 2.21. The maximum Gasteiger partial charge on any atom is 0.356 e. The largest absolute Gasteiger partial charge is 0.486 e. The van der Waals surface area contributed by atoms with Crippen molar-refractivity contribution in [2.45, 2.75) is 6.61 Å². The Labute approximate surface area is 142 Å². The van der Waals surface area contributed by atoms with Crippen LogP contribution < -0.4 is 10.3 Å². The Hall–Kier alpha value is -2.79. The zero-order valence-corrected chi connectivity index (χ0v) is 13.6. The lowest BCUT2D eigenvalue weighted by molar-refractivity contribution is 0.0679. The van der Waals surface area contributed by atoms with Crippen LogP contribution in [-0.2, 0) is 13.7 Å². The van der Waals surface area contributed by atoms with Gasteiger partial charge in [-0.15, -0.1) is 0 Å². The third-order valence-corrected chi connectivity index (χ3v) is 3.98. The van der Waals surface area contributed by atoms with Crippen LogP contribution in [-0.4, -0.2) is 15.6 Å². The fourth-order valence-corrected chi connectivity index (χ4v) is 2.74. The Morgan fingerprint density at radius 3 is 2.54 bits per heavy atom. The normalized spacial score (nSPS) is 10.8. The highest BCUT2D eigenvalue weighted by atomic mass is 35.5. The molecular weight excluding hydrogens is 330 g/mol. The van der Waals surface area contributed by atoms with Gasteiger partial charge in [-0.2, -0.15) is 0 Å². The average molecular weight is 344 g/mol. The van der Waals surface area contributed by atoms with E-state index >= 15 is 0 Å². The molecule has 0 atom stereocenters. The maximum atomic E-state index is 12.4. The molecule has 0 aliphatic rings. The van der Waals surface area contributed by atoms with Crippen molar-refractivity contribution in [3.8, 4) is 5.75 Å². The van der Waals surface area contributed by atoms with Crippen molar-refractivity contribution in [3.63, 3.8) is 0 Å². The molecule has 24 heavy (non-hydrogen) atoms. The van der Waals surface area contributed by atoms with Crippen LogP contribution in [0, 0.1) is 0 Å². The molecule has 0 amide bonds. The molecule has 0 fully saturated rings. The third-order valence-electron chi connectivity index (χ3n) is 3.74. The van der Waals surface area contributed by atoms with Gasteiger partial charge in [0.1, 0.15) is 6.61 Å². The number of carboxylic acid groups (broad SMARTS) is 1. The summed E-state index contributed by atoms with van der Waals surface area (Å²) in [4.78, 5) is 24.1. The molecule has 0 saturated carbocycles. The minimum Gasteiger partial charge on any atom is -0.486 e. The molecule has 0 radical (unpaired) electrons. The number of aromatic carboxylic acids is 1. The van der Waals surface area contributed by atoms with Gasteiger partial charge in [-0.25, -0.2) is 4.79 Å². The Morgan fingerprint density at radius 2 is 1.88 bits per heavy atom. The first-order valence-electron chi connectivity index (χ1n) is 7.21. The highest BCUT2D eigenvalue weighted by molar-refractivity contribution is 6.31. The van der Waals surface area contributed by atoms with E-state index in [-0.39, 0.29) is 18.1 Å². The summed E-state index contributed by atoms with van der Waals surface area (Å²) in [7, 11) is 1.41. The predicted octanol–water partition coefficient (Wildman–Crippen LogP) is 3.47. The summed E-state index contributed by atoms with van der Waals surface area (Å²) in [6, 6.07) is 14.1. The number of fused-ring (bicyclic) bond motifs is 1. The van der Waals surface area contributed by atoms with Gasteiger partial charge in [-0.05, 0) is 23.8 Å². The monoisotopic (exact) mass is 343 g/mol. The molecule has 1 heterocycles. The van der Waals surface area contributed by atoms with E-state index in [1.54, 1.807) is 18.2 Å². The smallest absolute Gasteiger partial charge is 0.356 e. The zero-order valence-electron chi connectivity index (χ0n) is 12.8. The molecule has 3 rings (SSSR count). The lowest BCUT2D eigenvalue weighted by Gasteiger charge is -2.15. The molecule has 0 aliphatic carbocycles. The molecule has 0 unspecified atom stereocenters. The lowest BCUT2D eigenvalue weighted by atomic mass is 10.1. The molecule has 2 aromatic carbocycles. The summed E-state index contributed by atoms with van der Waals surface area (Å²) in [6.45, 7) is 0.181. The number of carbonyl (C=O) groups is 1. The standard InChI is InChI=1S/C18H14ClNO4/c1-20-15(18(22)23)16(24-10-11-5-3-2-4-6-11)14-9-12(19)7-8-13(14)17(20)21/h2-9H,10H2,1H3,(H,22,23). The van der Waals surface area contributed by atoms with Crippen molar-refractivity contribution in [2.24, 2.45) is 7.05 Å². The van der Waals surface area contributed by atoms with Crippen LogP contribution in [0.15, 0.2) is 53.3 Å². The van der Waals surface area contributed by atoms with E-state index < -0.39 is 11.5 Å². The number of ether oxygens (including phenoxy) is 1. The summed E-state index contributed by atoms with van der Waals surface area (Å²) < 4.78 is 6.87. The van der Waals surface area contributed by atoms with Gasteiger partial charge in [0.05, 0.1) is 5.39 Å². The van der Waals surface area contributed by atoms with Crippen LogP contribution in [0.5, 0.6) is 5.75 Å². The molecule has 122 valence electrons. The van der Waals surface area contributed by atoms with Gasteiger partial charge < -0.3 is 14.4 Å². The second-order valence-electron chi connectivity index (χ2n) is 5.31. The lowest BCUT2D eigenvalue weighted by Crippen LogP contribution is -2.24. The fourth-order valence-electron chi connectivity index (χ4n) is 2.57. The number of benzene rings is 2. The molecule has 0 bridgehead atoms. The second-order valence-corrected chi connectivity index (χ2v) is 5.75. The van der Waals surface area contributed by atoms with E-state index in [0.29, 0.717) is 15.8 Å². The number of halogens is 1. The highest BCUT2D eigenvalue weighted by Gasteiger charge is 2.21. The Morgan fingerprint density at radius 1 is 1.17 bits per heavy atom. The van der Waals surface area contributed by atoms with Crippen LogP contribution in [0.1, 0.15) is 16.1 Å². The number of pyridine rings is 1. The average Bonchev–Trinajstić information content (AvgIpc) is 2.57. The molecule has 6 heteroatoms. The van der Waals surface area contributed by atoms with E-state index in [1.165, 1.54) is 7.05 Å². The van der Waals surface area contributed by atoms with Crippen LogP contribution in [0.3, 0.4) is 0 Å². The van der Waals surface area contributed by atoms with Gasteiger partial charge >= 0.3 is 5.97 Å². The molecule has 0 saturated heterocycles. The molecule has 0 spiro atoms. The van der Waals surface area contributed by atoms with Gasteiger partial charge in [0.25, 0.3) is 5.56 Å². The number of hydrogen-bond acceptors (Lipinski definition) is 3. The minimum absolute atomic E-state index is 0.131. The van der Waals surface area contributed by atoms with Gasteiger partial charge in [-0.3, -0.25) is 4.79 Å². The van der Waals surface area contributed by atoms with Crippen molar-refractivity contribution in [2.75, 3.05) is 0 Å².